The van der Waals surface area contributed by atoms with E-state index in [2.05, 4.69) is 27.3 Å². The Bertz CT molecular complexity index is 715. The molecule has 0 bridgehead atoms. The van der Waals surface area contributed by atoms with Crippen molar-refractivity contribution >= 4 is 15.9 Å². The fourth-order valence-electron chi connectivity index (χ4n) is 3.32. The Morgan fingerprint density at radius 3 is 2.50 bits per heavy atom. The molecule has 5 heteroatoms. The van der Waals surface area contributed by atoms with Crippen molar-refractivity contribution in [1.82, 2.24) is 5.32 Å². The lowest BCUT2D eigenvalue weighted by molar-refractivity contribution is 0.282. The summed E-state index contributed by atoms with van der Waals surface area (Å²) in [5, 5.41) is 3.65. The Morgan fingerprint density at radius 2 is 1.81 bits per heavy atom. The van der Waals surface area contributed by atoms with Gasteiger partial charge in [-0.3, -0.25) is 0 Å². The summed E-state index contributed by atoms with van der Waals surface area (Å²) >= 11 is 3.60. The molecule has 26 heavy (non-hydrogen) atoms. The van der Waals surface area contributed by atoms with Crippen LogP contribution in [0.1, 0.15) is 43.2 Å². The van der Waals surface area contributed by atoms with Crippen molar-refractivity contribution in [1.29, 1.82) is 0 Å². The summed E-state index contributed by atoms with van der Waals surface area (Å²) in [4.78, 5) is 0. The van der Waals surface area contributed by atoms with Crippen LogP contribution in [0.2, 0.25) is 0 Å². The summed E-state index contributed by atoms with van der Waals surface area (Å²) in [6.45, 7) is 1.17. The highest BCUT2D eigenvalue weighted by atomic mass is 79.9. The second-order valence-corrected chi connectivity index (χ2v) is 7.59. The van der Waals surface area contributed by atoms with Gasteiger partial charge in [0, 0.05) is 12.6 Å². The molecule has 0 spiro atoms. The van der Waals surface area contributed by atoms with E-state index >= 15 is 0 Å². The van der Waals surface area contributed by atoms with Crippen molar-refractivity contribution in [3.05, 3.63) is 57.8 Å². The van der Waals surface area contributed by atoms with Gasteiger partial charge < -0.3 is 14.8 Å². The molecule has 1 saturated carbocycles. The van der Waals surface area contributed by atoms with E-state index in [1.807, 2.05) is 6.07 Å². The number of ether oxygens (including phenoxy) is 2. The molecular formula is C21H25BrFNO2. The van der Waals surface area contributed by atoms with Crippen molar-refractivity contribution in [2.45, 2.75) is 51.3 Å². The molecule has 3 nitrogen and oxygen atoms in total. The van der Waals surface area contributed by atoms with Crippen LogP contribution in [0.4, 0.5) is 4.39 Å². The molecule has 0 saturated heterocycles. The summed E-state index contributed by atoms with van der Waals surface area (Å²) in [6, 6.07) is 11.0. The standard InChI is InChI=1S/C21H25BrFNO2/c1-25-20-12-16(13-24-18-5-3-2-4-6-18)11-19(22)21(20)26-14-15-7-9-17(23)10-8-15/h7-12,18,24H,2-6,13-14H2,1H3. The summed E-state index contributed by atoms with van der Waals surface area (Å²) in [7, 11) is 1.64. The molecular weight excluding hydrogens is 397 g/mol. The first-order valence-corrected chi connectivity index (χ1v) is 9.92. The number of rotatable bonds is 7. The SMILES string of the molecule is COc1cc(CNC2CCCCC2)cc(Br)c1OCc1ccc(F)cc1. The molecule has 0 radical (unpaired) electrons. The third-order valence-electron chi connectivity index (χ3n) is 4.79. The van der Waals surface area contributed by atoms with Gasteiger partial charge in [0.15, 0.2) is 11.5 Å². The molecule has 1 N–H and O–H groups in total. The number of hydrogen-bond donors (Lipinski definition) is 1. The third kappa shape index (κ3) is 5.21. The van der Waals surface area contributed by atoms with Crippen LogP contribution in [-0.2, 0) is 13.2 Å². The van der Waals surface area contributed by atoms with Crippen LogP contribution in [-0.4, -0.2) is 13.2 Å². The molecule has 0 atom stereocenters. The molecule has 1 aliphatic rings. The molecule has 0 aliphatic heterocycles. The van der Waals surface area contributed by atoms with E-state index in [1.54, 1.807) is 19.2 Å². The minimum Gasteiger partial charge on any atom is -0.493 e. The molecule has 140 valence electrons. The molecule has 2 aromatic rings. The van der Waals surface area contributed by atoms with E-state index in [0.29, 0.717) is 24.1 Å². The Labute approximate surface area is 163 Å². The first kappa shape index (κ1) is 19.2. The first-order valence-electron chi connectivity index (χ1n) is 9.13. The normalized spacial score (nSPS) is 15.0. The largest absolute Gasteiger partial charge is 0.493 e. The minimum atomic E-state index is -0.248. The summed E-state index contributed by atoms with van der Waals surface area (Å²) in [5.41, 5.74) is 2.07. The van der Waals surface area contributed by atoms with Crippen molar-refractivity contribution in [2.75, 3.05) is 7.11 Å². The maximum absolute atomic E-state index is 13.0. The molecule has 1 aliphatic carbocycles. The molecule has 2 aromatic carbocycles. The van der Waals surface area contributed by atoms with Crippen molar-refractivity contribution in [3.8, 4) is 11.5 Å². The number of nitrogens with one attached hydrogen (secondary N) is 1. The smallest absolute Gasteiger partial charge is 0.175 e. The van der Waals surface area contributed by atoms with Gasteiger partial charge in [0.25, 0.3) is 0 Å². The van der Waals surface area contributed by atoms with E-state index in [1.165, 1.54) is 44.2 Å². The lowest BCUT2D eigenvalue weighted by Crippen LogP contribution is -2.30. The molecule has 0 aromatic heterocycles. The van der Waals surface area contributed by atoms with E-state index < -0.39 is 0 Å². The van der Waals surface area contributed by atoms with Gasteiger partial charge in [0.2, 0.25) is 0 Å². The van der Waals surface area contributed by atoms with Gasteiger partial charge >= 0.3 is 0 Å². The van der Waals surface area contributed by atoms with Gasteiger partial charge in [-0.25, -0.2) is 4.39 Å². The topological polar surface area (TPSA) is 30.5 Å². The van der Waals surface area contributed by atoms with Gasteiger partial charge in [0.05, 0.1) is 11.6 Å². The first-order chi connectivity index (χ1) is 12.7. The second-order valence-electron chi connectivity index (χ2n) is 6.74. The second kappa shape index (κ2) is 9.38. The van der Waals surface area contributed by atoms with Crippen LogP contribution in [0.5, 0.6) is 11.5 Å². The van der Waals surface area contributed by atoms with Gasteiger partial charge in [-0.15, -0.1) is 0 Å². The van der Waals surface area contributed by atoms with E-state index in [0.717, 1.165) is 22.1 Å². The zero-order valence-corrected chi connectivity index (χ0v) is 16.6. The van der Waals surface area contributed by atoms with E-state index in [9.17, 15) is 4.39 Å². The molecule has 0 heterocycles. The van der Waals surface area contributed by atoms with Crippen LogP contribution in [0.3, 0.4) is 0 Å². The van der Waals surface area contributed by atoms with Crippen molar-refractivity contribution < 1.29 is 13.9 Å². The third-order valence-corrected chi connectivity index (χ3v) is 5.37. The monoisotopic (exact) mass is 421 g/mol. The number of hydrogen-bond acceptors (Lipinski definition) is 3. The maximum Gasteiger partial charge on any atom is 0.175 e. The maximum atomic E-state index is 13.0. The Balaban J connectivity index is 1.65. The summed E-state index contributed by atoms with van der Waals surface area (Å²) in [6.07, 6.45) is 6.52. The minimum absolute atomic E-state index is 0.248. The molecule has 3 rings (SSSR count). The molecule has 0 unspecified atom stereocenters. The van der Waals surface area contributed by atoms with Crippen LogP contribution >= 0.6 is 15.9 Å². The summed E-state index contributed by atoms with van der Waals surface area (Å²) < 4.78 is 25.3. The molecule has 0 amide bonds. The van der Waals surface area contributed by atoms with Crippen LogP contribution in [0.15, 0.2) is 40.9 Å². The van der Waals surface area contributed by atoms with Gasteiger partial charge in [-0.2, -0.15) is 0 Å². The van der Waals surface area contributed by atoms with Gasteiger partial charge in [-0.05, 0) is 64.2 Å². The predicted molar refractivity (Wildman–Crippen MR) is 105 cm³/mol. The lowest BCUT2D eigenvalue weighted by Gasteiger charge is -2.23. The zero-order valence-electron chi connectivity index (χ0n) is 15.1. The number of halogens is 2. The molecule has 1 fully saturated rings. The Hall–Kier alpha value is -1.59. The van der Waals surface area contributed by atoms with Gasteiger partial charge in [-0.1, -0.05) is 31.4 Å². The van der Waals surface area contributed by atoms with E-state index in [4.69, 9.17) is 9.47 Å². The summed E-state index contributed by atoms with van der Waals surface area (Å²) in [5.74, 6) is 1.11. The highest BCUT2D eigenvalue weighted by Crippen LogP contribution is 2.37. The van der Waals surface area contributed by atoms with Crippen LogP contribution in [0, 0.1) is 5.82 Å². The number of methoxy groups -OCH3 is 1. The van der Waals surface area contributed by atoms with Crippen molar-refractivity contribution in [3.63, 3.8) is 0 Å². The average Bonchev–Trinajstić information content (AvgIpc) is 2.67. The highest BCUT2D eigenvalue weighted by molar-refractivity contribution is 9.10. The Morgan fingerprint density at radius 1 is 1.08 bits per heavy atom. The van der Waals surface area contributed by atoms with Crippen LogP contribution < -0.4 is 14.8 Å². The predicted octanol–water partition coefficient (Wildman–Crippen LogP) is 5.60. The van der Waals surface area contributed by atoms with Crippen LogP contribution in [0.25, 0.3) is 0 Å². The quantitative estimate of drug-likeness (QED) is 0.630. The van der Waals surface area contributed by atoms with E-state index in [-0.39, 0.29) is 5.82 Å². The zero-order chi connectivity index (χ0) is 18.4. The Kier molecular flexibility index (Phi) is 6.92. The lowest BCUT2D eigenvalue weighted by atomic mass is 9.95. The number of benzene rings is 2. The fraction of sp³-hybridized carbons (Fsp3) is 0.429. The van der Waals surface area contributed by atoms with Gasteiger partial charge in [0.1, 0.15) is 12.4 Å². The van der Waals surface area contributed by atoms with Crippen molar-refractivity contribution in [2.24, 2.45) is 0 Å². The fourth-order valence-corrected chi connectivity index (χ4v) is 3.92. The average molecular weight is 422 g/mol. The highest BCUT2D eigenvalue weighted by Gasteiger charge is 2.15.